The highest BCUT2D eigenvalue weighted by Gasteiger charge is 2.24. The van der Waals surface area contributed by atoms with E-state index in [2.05, 4.69) is 16.0 Å². The first-order valence-electron chi connectivity index (χ1n) is 10.5. The number of rotatable bonds is 8. The lowest BCUT2D eigenvalue weighted by molar-refractivity contribution is -0.119. The molecule has 0 saturated carbocycles. The highest BCUT2D eigenvalue weighted by Crippen LogP contribution is 2.21. The van der Waals surface area contributed by atoms with Gasteiger partial charge in [0, 0.05) is 36.7 Å². The molecule has 0 saturated heterocycles. The number of aryl methyl sites for hydroxylation is 1. The van der Waals surface area contributed by atoms with Gasteiger partial charge in [-0.2, -0.15) is 0 Å². The van der Waals surface area contributed by atoms with Crippen molar-refractivity contribution in [2.75, 3.05) is 11.9 Å². The van der Waals surface area contributed by atoms with Crippen molar-refractivity contribution in [2.45, 2.75) is 65.5 Å². The number of carbonyl (C=O) groups excluding carboxylic acids is 3. The van der Waals surface area contributed by atoms with Crippen LogP contribution in [0.3, 0.4) is 0 Å². The van der Waals surface area contributed by atoms with E-state index in [1.165, 1.54) is 13.0 Å². The first-order valence-corrected chi connectivity index (χ1v) is 10.5. The van der Waals surface area contributed by atoms with E-state index in [1.807, 2.05) is 0 Å². The fourth-order valence-corrected chi connectivity index (χ4v) is 3.09. The maximum atomic E-state index is 12.9. The van der Waals surface area contributed by atoms with Crippen molar-refractivity contribution in [3.05, 3.63) is 40.2 Å². The second-order valence-corrected chi connectivity index (χ2v) is 8.63. The first kappa shape index (κ1) is 24.9. The largest absolute Gasteiger partial charge is 0.444 e. The predicted molar refractivity (Wildman–Crippen MR) is 122 cm³/mol. The van der Waals surface area contributed by atoms with Crippen LogP contribution in [0.4, 0.5) is 10.5 Å². The molecular formula is C23H31N3O6. The number of hydrogen-bond acceptors (Lipinski definition) is 6. The monoisotopic (exact) mass is 445 g/mol. The van der Waals surface area contributed by atoms with Crippen molar-refractivity contribution in [2.24, 2.45) is 0 Å². The van der Waals surface area contributed by atoms with E-state index >= 15 is 0 Å². The number of alkyl carbamates (subject to hydrolysis) is 1. The van der Waals surface area contributed by atoms with Crippen LogP contribution in [0.15, 0.2) is 33.5 Å². The summed E-state index contributed by atoms with van der Waals surface area (Å²) in [5, 5.41) is 8.84. The van der Waals surface area contributed by atoms with Crippen molar-refractivity contribution in [3.8, 4) is 0 Å². The van der Waals surface area contributed by atoms with E-state index < -0.39 is 29.3 Å². The average molecular weight is 446 g/mol. The van der Waals surface area contributed by atoms with E-state index in [-0.39, 0.29) is 5.91 Å². The summed E-state index contributed by atoms with van der Waals surface area (Å²) >= 11 is 0. The van der Waals surface area contributed by atoms with Gasteiger partial charge in [-0.15, -0.1) is 0 Å². The van der Waals surface area contributed by atoms with Crippen molar-refractivity contribution < 1.29 is 23.5 Å². The molecule has 0 spiro atoms. The van der Waals surface area contributed by atoms with Gasteiger partial charge in [0.05, 0.1) is 0 Å². The highest BCUT2D eigenvalue weighted by atomic mass is 16.6. The van der Waals surface area contributed by atoms with Crippen molar-refractivity contribution >= 4 is 34.6 Å². The maximum Gasteiger partial charge on any atom is 0.408 e. The molecule has 174 valence electrons. The number of benzene rings is 1. The third-order valence-electron chi connectivity index (χ3n) is 4.52. The number of amides is 3. The molecule has 1 atom stereocenters. The third-order valence-corrected chi connectivity index (χ3v) is 4.52. The minimum atomic E-state index is -0.845. The molecule has 0 unspecified atom stereocenters. The molecule has 0 aliphatic heterocycles. The molecule has 0 aliphatic carbocycles. The number of anilines is 1. The van der Waals surface area contributed by atoms with E-state index in [1.54, 1.807) is 45.9 Å². The maximum absolute atomic E-state index is 12.9. The summed E-state index contributed by atoms with van der Waals surface area (Å²) in [6.45, 7) is 8.94. The minimum Gasteiger partial charge on any atom is -0.444 e. The Morgan fingerprint density at radius 3 is 2.50 bits per heavy atom. The van der Waals surface area contributed by atoms with Gasteiger partial charge >= 0.3 is 11.7 Å². The Hall–Kier alpha value is -3.36. The Bertz CT molecular complexity index is 1040. The Balaban J connectivity index is 2.11. The summed E-state index contributed by atoms with van der Waals surface area (Å²) in [6.07, 6.45) is 0.909. The lowest BCUT2D eigenvalue weighted by Gasteiger charge is -2.23. The fourth-order valence-electron chi connectivity index (χ4n) is 3.09. The molecule has 1 aromatic carbocycles. The molecule has 2 aromatic rings. The number of hydrogen-bond donors (Lipinski definition) is 3. The molecule has 0 fully saturated rings. The molecule has 9 nitrogen and oxygen atoms in total. The summed E-state index contributed by atoms with van der Waals surface area (Å²) in [5.41, 5.74) is 0.398. The number of ether oxygens (including phenoxy) is 1. The molecule has 3 amide bonds. The molecule has 9 heteroatoms. The smallest absolute Gasteiger partial charge is 0.408 e. The molecule has 0 aliphatic rings. The zero-order valence-electron chi connectivity index (χ0n) is 19.2. The number of carbonyl (C=O) groups is 3. The van der Waals surface area contributed by atoms with Crippen molar-refractivity contribution in [1.82, 2.24) is 10.6 Å². The SMILES string of the molecule is CC(=O)NCCCC[C@@H](NC(=O)OC(C)(C)C)C(=O)Nc1ccc2c(C)cc(=O)oc2c1. The van der Waals surface area contributed by atoms with Gasteiger partial charge in [-0.05, 0) is 64.7 Å². The van der Waals surface area contributed by atoms with Crippen LogP contribution < -0.4 is 21.6 Å². The van der Waals surface area contributed by atoms with E-state index in [0.717, 1.165) is 10.9 Å². The summed E-state index contributed by atoms with van der Waals surface area (Å²) in [6, 6.07) is 5.59. The molecule has 0 radical (unpaired) electrons. The van der Waals surface area contributed by atoms with E-state index in [9.17, 15) is 19.2 Å². The van der Waals surface area contributed by atoms with Gasteiger partial charge in [0.25, 0.3) is 0 Å². The molecule has 2 rings (SSSR count). The normalized spacial score (nSPS) is 12.2. The van der Waals surface area contributed by atoms with Gasteiger partial charge in [0.2, 0.25) is 11.8 Å². The Labute approximate surface area is 186 Å². The summed E-state index contributed by atoms with van der Waals surface area (Å²) < 4.78 is 10.5. The topological polar surface area (TPSA) is 127 Å². The second kappa shape index (κ2) is 10.8. The quantitative estimate of drug-likeness (QED) is 0.423. The number of unbranched alkanes of at least 4 members (excludes halogenated alkanes) is 1. The van der Waals surface area contributed by atoms with Gasteiger partial charge < -0.3 is 25.1 Å². The van der Waals surface area contributed by atoms with Crippen LogP contribution in [-0.2, 0) is 14.3 Å². The van der Waals surface area contributed by atoms with Gasteiger partial charge in [0.15, 0.2) is 0 Å². The van der Waals surface area contributed by atoms with Crippen LogP contribution in [0.5, 0.6) is 0 Å². The van der Waals surface area contributed by atoms with Gasteiger partial charge in [-0.1, -0.05) is 0 Å². The molecule has 0 bridgehead atoms. The van der Waals surface area contributed by atoms with Crippen LogP contribution in [0, 0.1) is 6.92 Å². The third kappa shape index (κ3) is 8.05. The van der Waals surface area contributed by atoms with Crippen LogP contribution in [0.1, 0.15) is 52.5 Å². The summed E-state index contributed by atoms with van der Waals surface area (Å²) in [5.74, 6) is -0.547. The predicted octanol–water partition coefficient (Wildman–Crippen LogP) is 3.24. The number of fused-ring (bicyclic) bond motifs is 1. The van der Waals surface area contributed by atoms with E-state index in [0.29, 0.717) is 37.1 Å². The zero-order valence-corrected chi connectivity index (χ0v) is 19.2. The number of nitrogens with one attached hydrogen (secondary N) is 3. The van der Waals surface area contributed by atoms with E-state index in [4.69, 9.17) is 9.15 Å². The van der Waals surface area contributed by atoms with Gasteiger partial charge in [-0.3, -0.25) is 9.59 Å². The Kier molecular flexibility index (Phi) is 8.40. The van der Waals surface area contributed by atoms with Crippen LogP contribution in [0.25, 0.3) is 11.0 Å². The lowest BCUT2D eigenvalue weighted by Crippen LogP contribution is -2.45. The zero-order chi connectivity index (χ0) is 23.9. The Morgan fingerprint density at radius 1 is 1.12 bits per heavy atom. The fraction of sp³-hybridized carbons (Fsp3) is 0.478. The van der Waals surface area contributed by atoms with Crippen molar-refractivity contribution in [1.29, 1.82) is 0 Å². The molecule has 1 aromatic heterocycles. The first-order chi connectivity index (χ1) is 14.9. The van der Waals surface area contributed by atoms with Crippen LogP contribution in [0.2, 0.25) is 0 Å². The lowest BCUT2D eigenvalue weighted by atomic mass is 10.1. The van der Waals surface area contributed by atoms with Crippen LogP contribution in [-0.4, -0.2) is 36.1 Å². The second-order valence-electron chi connectivity index (χ2n) is 8.63. The molecular weight excluding hydrogens is 414 g/mol. The molecule has 32 heavy (non-hydrogen) atoms. The highest BCUT2D eigenvalue weighted by molar-refractivity contribution is 5.98. The average Bonchev–Trinajstić information content (AvgIpc) is 2.64. The molecule has 3 N–H and O–H groups in total. The van der Waals surface area contributed by atoms with Crippen molar-refractivity contribution in [3.63, 3.8) is 0 Å². The molecule has 1 heterocycles. The standard InChI is InChI=1S/C23H31N3O6/c1-14-12-20(28)31-19-13-16(9-10-17(14)19)25-21(29)18(8-6-7-11-24-15(2)27)26-22(30)32-23(3,4)5/h9-10,12-13,18H,6-8,11H2,1-5H3,(H,24,27)(H,25,29)(H,26,30)/t18-/m1/s1. The van der Waals surface area contributed by atoms with Crippen LogP contribution >= 0.6 is 0 Å². The van der Waals surface area contributed by atoms with Gasteiger partial charge in [-0.25, -0.2) is 9.59 Å². The Morgan fingerprint density at radius 2 is 1.84 bits per heavy atom. The van der Waals surface area contributed by atoms with Gasteiger partial charge in [0.1, 0.15) is 17.2 Å². The summed E-state index contributed by atoms with van der Waals surface area (Å²) in [4.78, 5) is 47.8. The minimum absolute atomic E-state index is 0.121. The summed E-state index contributed by atoms with van der Waals surface area (Å²) in [7, 11) is 0.